The molecule has 108 valence electrons. The lowest BCUT2D eigenvalue weighted by atomic mass is 10.1. The van der Waals surface area contributed by atoms with Crippen LogP contribution in [0.25, 0.3) is 0 Å². The van der Waals surface area contributed by atoms with Crippen LogP contribution in [0, 0.1) is 0 Å². The fourth-order valence-electron chi connectivity index (χ4n) is 1.73. The molecule has 0 aliphatic heterocycles. The molecular formula is C17H22O3. The van der Waals surface area contributed by atoms with Crippen LogP contribution in [0.3, 0.4) is 0 Å². The Morgan fingerprint density at radius 1 is 1.35 bits per heavy atom. The molecule has 0 heterocycles. The largest absolute Gasteiger partial charge is 0.504 e. The number of carbonyl (C=O) groups excluding carboxylic acids is 1. The van der Waals surface area contributed by atoms with Gasteiger partial charge in [0.25, 0.3) is 0 Å². The summed E-state index contributed by atoms with van der Waals surface area (Å²) in [5.74, 6) is 0.783. The van der Waals surface area contributed by atoms with Crippen molar-refractivity contribution >= 4 is 5.78 Å². The van der Waals surface area contributed by atoms with Crippen molar-refractivity contribution in [3.63, 3.8) is 0 Å². The van der Waals surface area contributed by atoms with E-state index in [9.17, 15) is 9.90 Å². The third kappa shape index (κ3) is 5.74. The van der Waals surface area contributed by atoms with E-state index in [1.165, 1.54) is 7.11 Å². The second kappa shape index (κ2) is 8.97. The predicted molar refractivity (Wildman–Crippen MR) is 81.2 cm³/mol. The summed E-state index contributed by atoms with van der Waals surface area (Å²) < 4.78 is 5.05. The molecule has 0 bridgehead atoms. The van der Waals surface area contributed by atoms with Crippen molar-refractivity contribution in [3.05, 3.63) is 48.1 Å². The second-order valence-corrected chi connectivity index (χ2v) is 4.57. The summed E-state index contributed by atoms with van der Waals surface area (Å²) in [5, 5.41) is 9.48. The molecule has 1 N–H and O–H groups in total. The third-order valence-electron chi connectivity index (χ3n) is 2.90. The lowest BCUT2D eigenvalue weighted by Gasteiger charge is -2.04. The van der Waals surface area contributed by atoms with Crippen LogP contribution in [-0.2, 0) is 11.2 Å². The molecule has 0 saturated heterocycles. The minimum atomic E-state index is 0.140. The standard InChI is InChI=1S/C17H22O3/c1-3-4-9-15(18)10-7-5-6-8-14-11-12-16(19)17(13-14)20-2/h5-7,10-13,19H,3-4,8-9H2,1-2H3/b6-5+,10-7+. The van der Waals surface area contributed by atoms with E-state index in [1.54, 1.807) is 24.3 Å². The number of phenols is 1. The Morgan fingerprint density at radius 3 is 2.85 bits per heavy atom. The summed E-state index contributed by atoms with van der Waals surface area (Å²) in [6.45, 7) is 2.07. The molecule has 0 unspecified atom stereocenters. The van der Waals surface area contributed by atoms with Gasteiger partial charge in [-0.25, -0.2) is 0 Å². The Balaban J connectivity index is 2.45. The highest BCUT2D eigenvalue weighted by molar-refractivity contribution is 5.89. The van der Waals surface area contributed by atoms with E-state index in [4.69, 9.17) is 4.74 Å². The zero-order valence-electron chi connectivity index (χ0n) is 12.1. The number of benzene rings is 1. The molecule has 1 aromatic rings. The molecule has 0 spiro atoms. The van der Waals surface area contributed by atoms with E-state index in [-0.39, 0.29) is 11.5 Å². The van der Waals surface area contributed by atoms with Crippen LogP contribution >= 0.6 is 0 Å². The molecule has 20 heavy (non-hydrogen) atoms. The molecule has 1 rings (SSSR count). The molecule has 0 aliphatic carbocycles. The first-order valence-electron chi connectivity index (χ1n) is 6.89. The topological polar surface area (TPSA) is 46.5 Å². The van der Waals surface area contributed by atoms with Crippen molar-refractivity contribution in [2.75, 3.05) is 7.11 Å². The fourth-order valence-corrected chi connectivity index (χ4v) is 1.73. The van der Waals surface area contributed by atoms with Gasteiger partial charge in [-0.3, -0.25) is 4.79 Å². The lowest BCUT2D eigenvalue weighted by Crippen LogP contribution is -1.90. The predicted octanol–water partition coefficient (Wildman–Crippen LogP) is 3.82. The highest BCUT2D eigenvalue weighted by Crippen LogP contribution is 2.26. The van der Waals surface area contributed by atoms with Crippen molar-refractivity contribution in [3.8, 4) is 11.5 Å². The van der Waals surface area contributed by atoms with E-state index >= 15 is 0 Å². The van der Waals surface area contributed by atoms with Crippen molar-refractivity contribution in [2.45, 2.75) is 32.6 Å². The second-order valence-electron chi connectivity index (χ2n) is 4.57. The Hall–Kier alpha value is -2.03. The molecule has 3 heteroatoms. The fraction of sp³-hybridized carbons (Fsp3) is 0.353. The zero-order valence-corrected chi connectivity index (χ0v) is 12.1. The normalized spacial score (nSPS) is 11.3. The van der Waals surface area contributed by atoms with E-state index < -0.39 is 0 Å². The number of phenolic OH excluding ortho intramolecular Hbond substituents is 1. The highest BCUT2D eigenvalue weighted by Gasteiger charge is 2.00. The van der Waals surface area contributed by atoms with Gasteiger partial charge in [0.15, 0.2) is 17.3 Å². The van der Waals surface area contributed by atoms with E-state index in [0.29, 0.717) is 12.2 Å². The lowest BCUT2D eigenvalue weighted by molar-refractivity contribution is -0.114. The average molecular weight is 274 g/mol. The summed E-state index contributed by atoms with van der Waals surface area (Å²) in [6.07, 6.45) is 10.6. The molecule has 3 nitrogen and oxygen atoms in total. The molecule has 0 fully saturated rings. The Labute approximate surface area is 120 Å². The zero-order chi connectivity index (χ0) is 14.8. The minimum absolute atomic E-state index is 0.140. The van der Waals surface area contributed by atoms with E-state index in [1.807, 2.05) is 18.2 Å². The smallest absolute Gasteiger partial charge is 0.160 e. The van der Waals surface area contributed by atoms with Gasteiger partial charge >= 0.3 is 0 Å². The summed E-state index contributed by atoms with van der Waals surface area (Å²) in [7, 11) is 1.53. The van der Waals surface area contributed by atoms with Gasteiger partial charge in [-0.15, -0.1) is 0 Å². The maximum atomic E-state index is 11.4. The van der Waals surface area contributed by atoms with Gasteiger partial charge in [-0.05, 0) is 36.6 Å². The van der Waals surface area contributed by atoms with Gasteiger partial charge in [0, 0.05) is 6.42 Å². The number of methoxy groups -OCH3 is 1. The molecule has 0 saturated carbocycles. The number of carbonyl (C=O) groups is 1. The van der Waals surface area contributed by atoms with Crippen LogP contribution in [0.5, 0.6) is 11.5 Å². The summed E-state index contributed by atoms with van der Waals surface area (Å²) in [5.41, 5.74) is 1.04. The number of ether oxygens (including phenoxy) is 1. The van der Waals surface area contributed by atoms with Crippen molar-refractivity contribution in [1.29, 1.82) is 0 Å². The SMILES string of the molecule is CCCCC(=O)/C=C/C=C/Cc1ccc(O)c(OC)c1. The Kier molecular flexibility index (Phi) is 7.18. The molecule has 0 radical (unpaired) electrons. The van der Waals surface area contributed by atoms with Crippen LogP contribution < -0.4 is 4.74 Å². The van der Waals surface area contributed by atoms with Crippen LogP contribution in [0.4, 0.5) is 0 Å². The molecule has 0 aliphatic rings. The van der Waals surface area contributed by atoms with Crippen LogP contribution in [-0.4, -0.2) is 18.0 Å². The number of unbranched alkanes of at least 4 members (excludes halogenated alkanes) is 1. The van der Waals surface area contributed by atoms with Gasteiger partial charge in [-0.2, -0.15) is 0 Å². The van der Waals surface area contributed by atoms with E-state index in [2.05, 4.69) is 6.92 Å². The molecule has 1 aromatic carbocycles. The van der Waals surface area contributed by atoms with Gasteiger partial charge in [0.2, 0.25) is 0 Å². The molecule has 0 amide bonds. The van der Waals surface area contributed by atoms with Crippen molar-refractivity contribution in [1.82, 2.24) is 0 Å². The summed E-state index contributed by atoms with van der Waals surface area (Å²) in [4.78, 5) is 11.4. The third-order valence-corrected chi connectivity index (χ3v) is 2.90. The van der Waals surface area contributed by atoms with Gasteiger partial charge in [-0.1, -0.05) is 37.6 Å². The number of ketones is 1. The number of allylic oxidation sites excluding steroid dienone is 4. The Bertz CT molecular complexity index is 487. The van der Waals surface area contributed by atoms with E-state index in [0.717, 1.165) is 24.8 Å². The maximum Gasteiger partial charge on any atom is 0.160 e. The Morgan fingerprint density at radius 2 is 2.15 bits per heavy atom. The number of rotatable bonds is 8. The van der Waals surface area contributed by atoms with Crippen molar-refractivity contribution in [2.24, 2.45) is 0 Å². The average Bonchev–Trinajstić information content (AvgIpc) is 2.46. The molecular weight excluding hydrogens is 252 g/mol. The summed E-state index contributed by atoms with van der Waals surface area (Å²) >= 11 is 0. The van der Waals surface area contributed by atoms with Crippen LogP contribution in [0.1, 0.15) is 31.7 Å². The highest BCUT2D eigenvalue weighted by atomic mass is 16.5. The first-order chi connectivity index (χ1) is 9.67. The van der Waals surface area contributed by atoms with Gasteiger partial charge < -0.3 is 9.84 Å². The number of aromatic hydroxyl groups is 1. The maximum absolute atomic E-state index is 11.4. The van der Waals surface area contributed by atoms with Crippen molar-refractivity contribution < 1.29 is 14.6 Å². The quantitative estimate of drug-likeness (QED) is 0.579. The first kappa shape index (κ1) is 16.0. The monoisotopic (exact) mass is 274 g/mol. The minimum Gasteiger partial charge on any atom is -0.504 e. The number of hydrogen-bond acceptors (Lipinski definition) is 3. The molecule has 0 atom stereocenters. The molecule has 0 aromatic heterocycles. The van der Waals surface area contributed by atoms with Crippen LogP contribution in [0.15, 0.2) is 42.5 Å². The first-order valence-corrected chi connectivity index (χ1v) is 6.89. The number of hydrogen-bond donors (Lipinski definition) is 1. The van der Waals surface area contributed by atoms with Gasteiger partial charge in [0.05, 0.1) is 7.11 Å². The van der Waals surface area contributed by atoms with Gasteiger partial charge in [0.1, 0.15) is 0 Å². The summed E-state index contributed by atoms with van der Waals surface area (Å²) in [6, 6.07) is 5.26. The van der Waals surface area contributed by atoms with Crippen LogP contribution in [0.2, 0.25) is 0 Å².